The van der Waals surface area contributed by atoms with Gasteiger partial charge >= 0.3 is 0 Å². The second-order valence-corrected chi connectivity index (χ2v) is 8.21. The van der Waals surface area contributed by atoms with Crippen molar-refractivity contribution in [3.05, 3.63) is 65.7 Å². The smallest absolute Gasteiger partial charge is 0.243 e. The van der Waals surface area contributed by atoms with Crippen molar-refractivity contribution in [1.29, 1.82) is 0 Å². The van der Waals surface area contributed by atoms with Crippen molar-refractivity contribution in [1.82, 2.24) is 9.62 Å². The van der Waals surface area contributed by atoms with E-state index in [-0.39, 0.29) is 29.3 Å². The summed E-state index contributed by atoms with van der Waals surface area (Å²) in [6.45, 7) is 6.30. The lowest BCUT2D eigenvalue weighted by Crippen LogP contribution is -2.35. The van der Waals surface area contributed by atoms with E-state index in [4.69, 9.17) is 5.73 Å². The molecule has 0 aromatic heterocycles. The van der Waals surface area contributed by atoms with Gasteiger partial charge in [0.2, 0.25) is 15.9 Å². The molecule has 6 nitrogen and oxygen atoms in total. The van der Waals surface area contributed by atoms with Crippen LogP contribution in [-0.4, -0.2) is 31.7 Å². The Hall–Kier alpha value is -1.93. The van der Waals surface area contributed by atoms with Gasteiger partial charge in [0.05, 0.1) is 10.9 Å². The maximum atomic E-state index is 12.5. The molecule has 2 unspecified atom stereocenters. The number of nitrogens with two attached hydrogens (primary N) is 1. The molecule has 0 radical (unpaired) electrons. The molecule has 0 bridgehead atoms. The number of benzene rings is 2. The fourth-order valence-corrected chi connectivity index (χ4v) is 4.30. The molecule has 0 aliphatic heterocycles. The maximum absolute atomic E-state index is 12.5. The molecule has 2 atom stereocenters. The van der Waals surface area contributed by atoms with Crippen LogP contribution in [0.5, 0.6) is 0 Å². The van der Waals surface area contributed by atoms with Crippen LogP contribution in [0, 0.1) is 0 Å². The molecule has 1 amide bonds. The Balaban J connectivity index is 0.00000392. The molecule has 0 aliphatic carbocycles. The average molecular weight is 426 g/mol. The van der Waals surface area contributed by atoms with E-state index in [1.165, 1.54) is 4.31 Å². The highest BCUT2D eigenvalue weighted by atomic mass is 35.5. The monoisotopic (exact) mass is 425 g/mol. The van der Waals surface area contributed by atoms with Crippen molar-refractivity contribution >= 4 is 28.3 Å². The Labute approximate surface area is 173 Å². The summed E-state index contributed by atoms with van der Waals surface area (Å²) in [7, 11) is -3.49. The molecule has 0 heterocycles. The van der Waals surface area contributed by atoms with Gasteiger partial charge in [-0.3, -0.25) is 4.79 Å². The van der Waals surface area contributed by atoms with Crippen LogP contribution in [0.1, 0.15) is 44.0 Å². The first kappa shape index (κ1) is 24.1. The van der Waals surface area contributed by atoms with E-state index in [2.05, 4.69) is 5.32 Å². The normalized spacial score (nSPS) is 13.5. The lowest BCUT2D eigenvalue weighted by atomic mass is 10.1. The quantitative estimate of drug-likeness (QED) is 0.679. The van der Waals surface area contributed by atoms with Crippen LogP contribution in [0.4, 0.5) is 0 Å². The lowest BCUT2D eigenvalue weighted by molar-refractivity contribution is -0.123. The third-order valence-electron chi connectivity index (χ3n) is 4.52. The topological polar surface area (TPSA) is 92.5 Å². The van der Waals surface area contributed by atoms with Gasteiger partial charge in [0.25, 0.3) is 0 Å². The zero-order valence-corrected chi connectivity index (χ0v) is 18.0. The van der Waals surface area contributed by atoms with Gasteiger partial charge in [-0.05, 0) is 30.2 Å². The SMILES string of the molecule is CCN(CC)S(=O)(=O)c1ccc(C(C)NC(=O)C(N)c2ccccc2)cc1.Cl. The molecule has 0 aliphatic rings. The number of amides is 1. The summed E-state index contributed by atoms with van der Waals surface area (Å²) in [4.78, 5) is 12.6. The lowest BCUT2D eigenvalue weighted by Gasteiger charge is -2.20. The van der Waals surface area contributed by atoms with Gasteiger partial charge in [0.15, 0.2) is 0 Å². The Kier molecular flexibility index (Phi) is 9.10. The van der Waals surface area contributed by atoms with E-state index >= 15 is 0 Å². The molecular formula is C20H28ClN3O3S. The molecule has 28 heavy (non-hydrogen) atoms. The second-order valence-electron chi connectivity index (χ2n) is 6.28. The third kappa shape index (κ3) is 5.54. The summed E-state index contributed by atoms with van der Waals surface area (Å²) in [5.74, 6) is -0.284. The molecule has 8 heteroatoms. The summed E-state index contributed by atoms with van der Waals surface area (Å²) in [6, 6.07) is 14.7. The van der Waals surface area contributed by atoms with Gasteiger partial charge in [-0.25, -0.2) is 8.42 Å². The van der Waals surface area contributed by atoms with Crippen LogP contribution < -0.4 is 11.1 Å². The minimum atomic E-state index is -3.49. The Morgan fingerprint density at radius 3 is 2.04 bits per heavy atom. The van der Waals surface area contributed by atoms with E-state index in [0.29, 0.717) is 13.1 Å². The molecule has 3 N–H and O–H groups in total. The van der Waals surface area contributed by atoms with Crippen molar-refractivity contribution in [2.45, 2.75) is 37.8 Å². The van der Waals surface area contributed by atoms with Crippen molar-refractivity contribution in [3.63, 3.8) is 0 Å². The number of nitrogens with one attached hydrogen (secondary N) is 1. The van der Waals surface area contributed by atoms with Crippen molar-refractivity contribution < 1.29 is 13.2 Å². The van der Waals surface area contributed by atoms with Gasteiger partial charge in [-0.2, -0.15) is 4.31 Å². The van der Waals surface area contributed by atoms with Crippen LogP contribution in [0.2, 0.25) is 0 Å². The number of carbonyl (C=O) groups excluding carboxylic acids is 1. The van der Waals surface area contributed by atoms with Crippen molar-refractivity contribution in [2.75, 3.05) is 13.1 Å². The minimum absolute atomic E-state index is 0. The number of halogens is 1. The molecule has 2 aromatic carbocycles. The number of sulfonamides is 1. The fraction of sp³-hybridized carbons (Fsp3) is 0.350. The van der Waals surface area contributed by atoms with E-state index in [1.807, 2.05) is 51.1 Å². The summed E-state index contributed by atoms with van der Waals surface area (Å²) in [5.41, 5.74) is 7.56. The molecule has 0 saturated heterocycles. The highest BCUT2D eigenvalue weighted by Gasteiger charge is 2.22. The summed E-state index contributed by atoms with van der Waals surface area (Å²) >= 11 is 0. The third-order valence-corrected chi connectivity index (χ3v) is 6.59. The fourth-order valence-electron chi connectivity index (χ4n) is 2.84. The number of nitrogens with zero attached hydrogens (tertiary/aromatic N) is 1. The molecule has 2 aromatic rings. The minimum Gasteiger partial charge on any atom is -0.348 e. The van der Waals surface area contributed by atoms with Crippen LogP contribution in [0.3, 0.4) is 0 Å². The van der Waals surface area contributed by atoms with E-state index in [0.717, 1.165) is 11.1 Å². The van der Waals surface area contributed by atoms with Crippen LogP contribution >= 0.6 is 12.4 Å². The Morgan fingerprint density at radius 1 is 1.00 bits per heavy atom. The molecule has 154 valence electrons. The van der Waals surface area contributed by atoms with Crippen molar-refractivity contribution in [3.8, 4) is 0 Å². The van der Waals surface area contributed by atoms with E-state index in [9.17, 15) is 13.2 Å². The zero-order chi connectivity index (χ0) is 20.0. The van der Waals surface area contributed by atoms with Gasteiger partial charge in [0.1, 0.15) is 6.04 Å². The molecule has 0 spiro atoms. The van der Waals surface area contributed by atoms with Crippen molar-refractivity contribution in [2.24, 2.45) is 5.73 Å². The highest BCUT2D eigenvalue weighted by molar-refractivity contribution is 7.89. The largest absolute Gasteiger partial charge is 0.348 e. The highest BCUT2D eigenvalue weighted by Crippen LogP contribution is 2.20. The van der Waals surface area contributed by atoms with Crippen LogP contribution in [-0.2, 0) is 14.8 Å². The van der Waals surface area contributed by atoms with Gasteiger partial charge in [-0.15, -0.1) is 12.4 Å². The summed E-state index contributed by atoms with van der Waals surface area (Å²) in [6.07, 6.45) is 0. The molecule has 0 fully saturated rings. The molecular weight excluding hydrogens is 398 g/mol. The van der Waals surface area contributed by atoms with Gasteiger partial charge < -0.3 is 11.1 Å². The predicted octanol–water partition coefficient (Wildman–Crippen LogP) is 3.02. The molecule has 0 saturated carbocycles. The van der Waals surface area contributed by atoms with Gasteiger partial charge in [0, 0.05) is 13.1 Å². The first-order chi connectivity index (χ1) is 12.8. The van der Waals surface area contributed by atoms with E-state index in [1.54, 1.807) is 24.3 Å². The first-order valence-corrected chi connectivity index (χ1v) is 10.5. The predicted molar refractivity (Wildman–Crippen MR) is 114 cm³/mol. The standard InChI is InChI=1S/C20H27N3O3S.ClH/c1-4-23(5-2)27(25,26)18-13-11-16(12-14-18)15(3)22-20(24)19(21)17-9-7-6-8-10-17;/h6-15,19H,4-5,21H2,1-3H3,(H,22,24);1H. The Morgan fingerprint density at radius 2 is 1.54 bits per heavy atom. The van der Waals surface area contributed by atoms with Crippen LogP contribution in [0.25, 0.3) is 0 Å². The summed E-state index contributed by atoms with van der Waals surface area (Å²) in [5, 5.41) is 2.87. The number of hydrogen-bond acceptors (Lipinski definition) is 4. The first-order valence-electron chi connectivity index (χ1n) is 9.02. The Bertz CT molecular complexity index is 854. The second kappa shape index (κ2) is 10.6. The maximum Gasteiger partial charge on any atom is 0.243 e. The number of rotatable bonds is 8. The van der Waals surface area contributed by atoms with E-state index < -0.39 is 16.1 Å². The average Bonchev–Trinajstić information content (AvgIpc) is 2.68. The van der Waals surface area contributed by atoms with Crippen LogP contribution in [0.15, 0.2) is 59.5 Å². The number of hydrogen-bond donors (Lipinski definition) is 2. The summed E-state index contributed by atoms with van der Waals surface area (Å²) < 4.78 is 26.5. The molecule has 2 rings (SSSR count). The zero-order valence-electron chi connectivity index (χ0n) is 16.3. The number of carbonyl (C=O) groups is 1. The van der Waals surface area contributed by atoms with Gasteiger partial charge in [-0.1, -0.05) is 56.3 Å².